The Morgan fingerprint density at radius 2 is 1.85 bits per heavy atom. The predicted molar refractivity (Wildman–Crippen MR) is 78.8 cm³/mol. The molecule has 2 nitrogen and oxygen atoms in total. The van der Waals surface area contributed by atoms with E-state index >= 15 is 0 Å². The van der Waals surface area contributed by atoms with Crippen LogP contribution >= 0.6 is 11.3 Å². The topological polar surface area (TPSA) is 29.5 Å². The zero-order valence-corrected chi connectivity index (χ0v) is 11.7. The first kappa shape index (κ1) is 13.1. The lowest BCUT2D eigenvalue weighted by atomic mass is 10.1. The van der Waals surface area contributed by atoms with Crippen LogP contribution in [-0.2, 0) is 0 Å². The molecule has 1 N–H and O–H groups in total. The van der Waals surface area contributed by atoms with Crippen molar-refractivity contribution < 1.29 is 14.2 Å². The van der Waals surface area contributed by atoms with Crippen molar-refractivity contribution in [2.75, 3.05) is 7.11 Å². The van der Waals surface area contributed by atoms with E-state index in [2.05, 4.69) is 0 Å². The maximum absolute atomic E-state index is 13.2. The molecule has 0 spiro atoms. The Morgan fingerprint density at radius 1 is 1.10 bits per heavy atom. The second-order valence-corrected chi connectivity index (χ2v) is 5.62. The lowest BCUT2D eigenvalue weighted by molar-refractivity contribution is 0.224. The van der Waals surface area contributed by atoms with Gasteiger partial charge in [-0.25, -0.2) is 4.39 Å². The van der Waals surface area contributed by atoms with Crippen LogP contribution in [0.1, 0.15) is 16.5 Å². The molecule has 1 aromatic heterocycles. The maximum Gasteiger partial charge on any atom is 0.124 e. The van der Waals surface area contributed by atoms with E-state index in [1.54, 1.807) is 13.2 Å². The SMILES string of the molecule is COc1ccc(C(O)c2cc3ccc(F)cc3s2)cc1. The van der Waals surface area contributed by atoms with E-state index in [-0.39, 0.29) is 5.82 Å². The summed E-state index contributed by atoms with van der Waals surface area (Å²) in [7, 11) is 1.60. The monoisotopic (exact) mass is 288 g/mol. The highest BCUT2D eigenvalue weighted by Gasteiger charge is 2.14. The Bertz CT molecular complexity index is 734. The van der Waals surface area contributed by atoms with E-state index in [9.17, 15) is 9.50 Å². The van der Waals surface area contributed by atoms with Crippen molar-refractivity contribution in [2.24, 2.45) is 0 Å². The Hall–Kier alpha value is -1.91. The first-order chi connectivity index (χ1) is 9.67. The highest BCUT2D eigenvalue weighted by Crippen LogP contribution is 2.33. The van der Waals surface area contributed by atoms with E-state index in [1.165, 1.54) is 23.5 Å². The number of aliphatic hydroxyl groups excluding tert-OH is 1. The van der Waals surface area contributed by atoms with Gasteiger partial charge < -0.3 is 9.84 Å². The highest BCUT2D eigenvalue weighted by atomic mass is 32.1. The molecule has 1 unspecified atom stereocenters. The molecule has 20 heavy (non-hydrogen) atoms. The minimum absolute atomic E-state index is 0.259. The van der Waals surface area contributed by atoms with Crippen LogP contribution in [0.15, 0.2) is 48.5 Å². The van der Waals surface area contributed by atoms with E-state index in [4.69, 9.17) is 4.74 Å². The van der Waals surface area contributed by atoms with Gasteiger partial charge in [-0.1, -0.05) is 18.2 Å². The normalized spacial score (nSPS) is 12.6. The summed E-state index contributed by atoms with van der Waals surface area (Å²) in [5.74, 6) is 0.490. The number of aliphatic hydroxyl groups is 1. The van der Waals surface area contributed by atoms with Crippen LogP contribution in [0.2, 0.25) is 0 Å². The second-order valence-electron chi connectivity index (χ2n) is 4.51. The summed E-state index contributed by atoms with van der Waals surface area (Å²) in [6.07, 6.45) is -0.707. The van der Waals surface area contributed by atoms with Gasteiger partial charge in [0.05, 0.1) is 7.11 Å². The van der Waals surface area contributed by atoms with Crippen molar-refractivity contribution in [3.63, 3.8) is 0 Å². The van der Waals surface area contributed by atoms with Crippen molar-refractivity contribution in [3.05, 3.63) is 64.8 Å². The Labute approximate surface area is 120 Å². The van der Waals surface area contributed by atoms with Crippen molar-refractivity contribution >= 4 is 21.4 Å². The van der Waals surface area contributed by atoms with E-state index in [0.717, 1.165) is 26.3 Å². The number of benzene rings is 2. The largest absolute Gasteiger partial charge is 0.497 e. The summed E-state index contributed by atoms with van der Waals surface area (Å²) in [6, 6.07) is 13.8. The molecule has 3 rings (SSSR count). The average molecular weight is 288 g/mol. The van der Waals surface area contributed by atoms with E-state index in [0.29, 0.717) is 0 Å². The van der Waals surface area contributed by atoms with Crippen LogP contribution in [-0.4, -0.2) is 12.2 Å². The third-order valence-corrected chi connectivity index (χ3v) is 4.35. The van der Waals surface area contributed by atoms with Crippen LogP contribution in [0, 0.1) is 5.82 Å². The molecule has 0 saturated heterocycles. The van der Waals surface area contributed by atoms with Gasteiger partial charge in [-0.2, -0.15) is 0 Å². The zero-order chi connectivity index (χ0) is 14.1. The van der Waals surface area contributed by atoms with Crippen LogP contribution in [0.25, 0.3) is 10.1 Å². The minimum Gasteiger partial charge on any atom is -0.497 e. The molecular formula is C16H13FO2S. The Morgan fingerprint density at radius 3 is 2.55 bits per heavy atom. The molecule has 0 radical (unpaired) electrons. The van der Waals surface area contributed by atoms with E-state index < -0.39 is 6.10 Å². The number of methoxy groups -OCH3 is 1. The molecule has 0 aliphatic heterocycles. The third-order valence-electron chi connectivity index (χ3n) is 3.20. The molecule has 0 saturated carbocycles. The van der Waals surface area contributed by atoms with Gasteiger partial charge in [0.2, 0.25) is 0 Å². The molecule has 1 atom stereocenters. The van der Waals surface area contributed by atoms with Gasteiger partial charge in [-0.05, 0) is 41.3 Å². The van der Waals surface area contributed by atoms with Crippen molar-refractivity contribution in [3.8, 4) is 5.75 Å². The number of halogens is 1. The molecule has 4 heteroatoms. The van der Waals surface area contributed by atoms with Crippen LogP contribution in [0.5, 0.6) is 5.75 Å². The summed E-state index contributed by atoms with van der Waals surface area (Å²) in [5.41, 5.74) is 0.790. The average Bonchev–Trinajstić information content (AvgIpc) is 2.89. The van der Waals surface area contributed by atoms with Gasteiger partial charge in [0.25, 0.3) is 0 Å². The van der Waals surface area contributed by atoms with Crippen molar-refractivity contribution in [1.29, 1.82) is 0 Å². The second kappa shape index (κ2) is 5.23. The number of ether oxygens (including phenoxy) is 1. The molecule has 3 aromatic rings. The number of thiophene rings is 1. The van der Waals surface area contributed by atoms with Crippen molar-refractivity contribution in [1.82, 2.24) is 0 Å². The van der Waals surface area contributed by atoms with E-state index in [1.807, 2.05) is 30.3 Å². The highest BCUT2D eigenvalue weighted by molar-refractivity contribution is 7.19. The zero-order valence-electron chi connectivity index (χ0n) is 10.8. The molecule has 0 bridgehead atoms. The smallest absolute Gasteiger partial charge is 0.124 e. The quantitative estimate of drug-likeness (QED) is 0.785. The number of fused-ring (bicyclic) bond motifs is 1. The summed E-state index contributed by atoms with van der Waals surface area (Å²) >= 11 is 1.40. The standard InChI is InChI=1S/C16H13FO2S/c1-19-13-6-3-10(4-7-13)16(18)15-8-11-2-5-12(17)9-14(11)20-15/h2-9,16,18H,1H3. The fraction of sp³-hybridized carbons (Fsp3) is 0.125. The lowest BCUT2D eigenvalue weighted by Gasteiger charge is -2.09. The lowest BCUT2D eigenvalue weighted by Crippen LogP contribution is -1.96. The van der Waals surface area contributed by atoms with Crippen LogP contribution in [0.4, 0.5) is 4.39 Å². The summed E-state index contributed by atoms with van der Waals surface area (Å²) < 4.78 is 19.1. The van der Waals surface area contributed by atoms with Gasteiger partial charge in [0.15, 0.2) is 0 Å². The van der Waals surface area contributed by atoms with Crippen LogP contribution in [0.3, 0.4) is 0 Å². The molecule has 0 amide bonds. The molecule has 1 heterocycles. The van der Waals surface area contributed by atoms with Gasteiger partial charge in [0.1, 0.15) is 17.7 Å². The molecule has 0 aliphatic carbocycles. The Kier molecular flexibility index (Phi) is 3.42. The first-order valence-electron chi connectivity index (χ1n) is 6.18. The van der Waals surface area contributed by atoms with Gasteiger partial charge >= 0.3 is 0 Å². The Balaban J connectivity index is 1.96. The molecule has 102 valence electrons. The number of rotatable bonds is 3. The third kappa shape index (κ3) is 2.40. The number of hydrogen-bond acceptors (Lipinski definition) is 3. The summed E-state index contributed by atoms with van der Waals surface area (Å²) in [4.78, 5) is 0.802. The molecule has 0 aliphatic rings. The summed E-state index contributed by atoms with van der Waals surface area (Å²) in [5, 5.41) is 11.3. The molecular weight excluding hydrogens is 275 g/mol. The minimum atomic E-state index is -0.707. The molecule has 2 aromatic carbocycles. The number of hydrogen-bond donors (Lipinski definition) is 1. The maximum atomic E-state index is 13.2. The fourth-order valence-electron chi connectivity index (χ4n) is 2.11. The molecule has 0 fully saturated rings. The predicted octanol–water partition coefficient (Wildman–Crippen LogP) is 4.13. The fourth-order valence-corrected chi connectivity index (χ4v) is 3.21. The first-order valence-corrected chi connectivity index (χ1v) is 7.00. The van der Waals surface area contributed by atoms with Crippen LogP contribution < -0.4 is 4.74 Å². The van der Waals surface area contributed by atoms with Gasteiger partial charge in [0, 0.05) is 9.58 Å². The van der Waals surface area contributed by atoms with Gasteiger partial charge in [-0.3, -0.25) is 0 Å². The van der Waals surface area contributed by atoms with Crippen molar-refractivity contribution in [2.45, 2.75) is 6.10 Å². The van der Waals surface area contributed by atoms with Gasteiger partial charge in [-0.15, -0.1) is 11.3 Å². The summed E-state index contributed by atoms with van der Waals surface area (Å²) in [6.45, 7) is 0.